The van der Waals surface area contributed by atoms with Gasteiger partial charge in [-0.15, -0.1) is 0 Å². The van der Waals surface area contributed by atoms with Gasteiger partial charge in [0.2, 0.25) is 0 Å². The Hall–Kier alpha value is -0.510. The van der Waals surface area contributed by atoms with E-state index in [4.69, 9.17) is 5.73 Å². The molecule has 1 aromatic rings. The number of piperidine rings is 1. The van der Waals surface area contributed by atoms with Gasteiger partial charge in [-0.1, -0.05) is 38.1 Å². The minimum atomic E-state index is 0.331. The molecule has 2 nitrogen and oxygen atoms in total. The lowest BCUT2D eigenvalue weighted by Gasteiger charge is -2.40. The van der Waals surface area contributed by atoms with Gasteiger partial charge in [0.05, 0.1) is 0 Å². The quantitative estimate of drug-likeness (QED) is 0.901. The molecule has 2 N–H and O–H groups in total. The molecule has 0 bridgehead atoms. The highest BCUT2D eigenvalue weighted by Gasteiger charge is 2.32. The highest BCUT2D eigenvalue weighted by molar-refractivity contribution is 8.00. The second kappa shape index (κ2) is 6.97. The summed E-state index contributed by atoms with van der Waals surface area (Å²) in [5.41, 5.74) is 8.81. The number of hydrogen-bond acceptors (Lipinski definition) is 3. The van der Waals surface area contributed by atoms with Gasteiger partial charge in [0.15, 0.2) is 0 Å². The van der Waals surface area contributed by atoms with Crippen molar-refractivity contribution >= 4 is 11.8 Å². The SMILES string of the molecule is CSC1(CN)CCN(Cc2ccc(C(C)C)cc2)CC1. The first-order valence-corrected chi connectivity index (χ1v) is 8.87. The summed E-state index contributed by atoms with van der Waals surface area (Å²) < 4.78 is 0.331. The van der Waals surface area contributed by atoms with E-state index in [0.29, 0.717) is 10.7 Å². The predicted molar refractivity (Wildman–Crippen MR) is 90.3 cm³/mol. The summed E-state index contributed by atoms with van der Waals surface area (Å²) in [6, 6.07) is 9.12. The first-order valence-electron chi connectivity index (χ1n) is 7.65. The molecule has 0 saturated carbocycles. The van der Waals surface area contributed by atoms with Crippen molar-refractivity contribution in [2.45, 2.75) is 43.9 Å². The number of thioether (sulfide) groups is 1. The Balaban J connectivity index is 1.89. The average Bonchev–Trinajstić information content (AvgIpc) is 2.49. The number of nitrogens with two attached hydrogens (primary N) is 1. The van der Waals surface area contributed by atoms with Crippen LogP contribution in [-0.4, -0.2) is 35.5 Å². The minimum absolute atomic E-state index is 0.331. The van der Waals surface area contributed by atoms with Crippen LogP contribution in [0.3, 0.4) is 0 Å². The average molecular weight is 292 g/mol. The number of benzene rings is 1. The van der Waals surface area contributed by atoms with E-state index < -0.39 is 0 Å². The van der Waals surface area contributed by atoms with E-state index in [1.165, 1.54) is 37.1 Å². The van der Waals surface area contributed by atoms with Gasteiger partial charge >= 0.3 is 0 Å². The summed E-state index contributed by atoms with van der Waals surface area (Å²) in [6.07, 6.45) is 4.64. The molecule has 3 heteroatoms. The van der Waals surface area contributed by atoms with Crippen LogP contribution >= 0.6 is 11.8 Å². The first-order chi connectivity index (χ1) is 9.58. The number of hydrogen-bond donors (Lipinski definition) is 1. The van der Waals surface area contributed by atoms with Crippen molar-refractivity contribution in [1.82, 2.24) is 4.90 Å². The van der Waals surface area contributed by atoms with Crippen LogP contribution in [-0.2, 0) is 6.54 Å². The fraction of sp³-hybridized carbons (Fsp3) is 0.647. The van der Waals surface area contributed by atoms with Crippen LogP contribution in [0.4, 0.5) is 0 Å². The smallest absolute Gasteiger partial charge is 0.0303 e. The van der Waals surface area contributed by atoms with E-state index in [2.05, 4.69) is 49.3 Å². The van der Waals surface area contributed by atoms with Crippen LogP contribution in [0.25, 0.3) is 0 Å². The molecular formula is C17H28N2S. The molecule has 2 rings (SSSR count). The lowest BCUT2D eigenvalue weighted by Crippen LogP contribution is -2.46. The molecule has 0 atom stereocenters. The maximum absolute atomic E-state index is 5.95. The predicted octanol–water partition coefficient (Wildman–Crippen LogP) is 3.47. The number of nitrogens with zero attached hydrogens (tertiary/aromatic N) is 1. The summed E-state index contributed by atoms with van der Waals surface area (Å²) >= 11 is 1.96. The van der Waals surface area contributed by atoms with Gasteiger partial charge in [0.25, 0.3) is 0 Å². The van der Waals surface area contributed by atoms with Gasteiger partial charge in [-0.25, -0.2) is 0 Å². The molecule has 0 amide bonds. The normalized spacial score (nSPS) is 19.4. The summed E-state index contributed by atoms with van der Waals surface area (Å²) in [5, 5.41) is 0. The van der Waals surface area contributed by atoms with Gasteiger partial charge in [-0.2, -0.15) is 11.8 Å². The molecule has 1 aliphatic rings. The fourth-order valence-electron chi connectivity index (χ4n) is 2.88. The van der Waals surface area contributed by atoms with Gasteiger partial charge in [0, 0.05) is 17.8 Å². The zero-order valence-electron chi connectivity index (χ0n) is 13.1. The van der Waals surface area contributed by atoms with E-state index in [1.807, 2.05) is 11.8 Å². The summed E-state index contributed by atoms with van der Waals surface area (Å²) in [4.78, 5) is 2.56. The zero-order chi connectivity index (χ0) is 14.6. The van der Waals surface area contributed by atoms with Crippen LogP contribution < -0.4 is 5.73 Å². The number of rotatable bonds is 5. The van der Waals surface area contributed by atoms with Crippen molar-refractivity contribution in [2.24, 2.45) is 5.73 Å². The molecule has 20 heavy (non-hydrogen) atoms. The highest BCUT2D eigenvalue weighted by Crippen LogP contribution is 2.33. The van der Waals surface area contributed by atoms with E-state index in [0.717, 1.165) is 13.1 Å². The molecule has 112 valence electrons. The van der Waals surface area contributed by atoms with Gasteiger partial charge < -0.3 is 5.73 Å². The lowest BCUT2D eigenvalue weighted by molar-refractivity contribution is 0.195. The Morgan fingerprint density at radius 3 is 2.25 bits per heavy atom. The lowest BCUT2D eigenvalue weighted by atomic mass is 9.95. The molecular weight excluding hydrogens is 264 g/mol. The summed E-state index contributed by atoms with van der Waals surface area (Å²) in [7, 11) is 0. The van der Waals surface area contributed by atoms with Crippen molar-refractivity contribution in [3.8, 4) is 0 Å². The number of likely N-dealkylation sites (tertiary alicyclic amines) is 1. The van der Waals surface area contributed by atoms with Crippen molar-refractivity contribution in [2.75, 3.05) is 25.9 Å². The van der Waals surface area contributed by atoms with E-state index in [-0.39, 0.29) is 0 Å². The van der Waals surface area contributed by atoms with Crippen LogP contribution in [0.15, 0.2) is 24.3 Å². The largest absolute Gasteiger partial charge is 0.329 e. The second-order valence-electron chi connectivity index (χ2n) is 6.26. The third-order valence-electron chi connectivity index (χ3n) is 4.62. The molecule has 1 aliphatic heterocycles. The summed E-state index contributed by atoms with van der Waals surface area (Å²) in [5.74, 6) is 0.616. The first kappa shape index (κ1) is 15.9. The Labute approximate surface area is 128 Å². The Bertz CT molecular complexity index is 400. The molecule has 1 heterocycles. The second-order valence-corrected chi connectivity index (χ2v) is 7.54. The van der Waals surface area contributed by atoms with Crippen LogP contribution in [0.5, 0.6) is 0 Å². The molecule has 0 spiro atoms. The summed E-state index contributed by atoms with van der Waals surface area (Å²) in [6.45, 7) is 8.72. The van der Waals surface area contributed by atoms with Crippen molar-refractivity contribution < 1.29 is 0 Å². The van der Waals surface area contributed by atoms with E-state index in [9.17, 15) is 0 Å². The third kappa shape index (κ3) is 3.78. The molecule has 1 aromatic carbocycles. The maximum Gasteiger partial charge on any atom is 0.0303 e. The van der Waals surface area contributed by atoms with Crippen molar-refractivity contribution in [1.29, 1.82) is 0 Å². The Morgan fingerprint density at radius 1 is 1.20 bits per heavy atom. The molecule has 1 saturated heterocycles. The molecule has 0 aromatic heterocycles. The van der Waals surface area contributed by atoms with Crippen LogP contribution in [0.2, 0.25) is 0 Å². The molecule has 0 unspecified atom stereocenters. The van der Waals surface area contributed by atoms with Crippen LogP contribution in [0.1, 0.15) is 43.7 Å². The van der Waals surface area contributed by atoms with Gasteiger partial charge in [0.1, 0.15) is 0 Å². The Kier molecular flexibility index (Phi) is 5.53. The van der Waals surface area contributed by atoms with Crippen molar-refractivity contribution in [3.05, 3.63) is 35.4 Å². The fourth-order valence-corrected chi connectivity index (χ4v) is 3.63. The molecule has 1 fully saturated rings. The Morgan fingerprint density at radius 2 is 1.80 bits per heavy atom. The third-order valence-corrected chi connectivity index (χ3v) is 6.07. The maximum atomic E-state index is 5.95. The van der Waals surface area contributed by atoms with Gasteiger partial charge in [-0.05, 0) is 49.2 Å². The minimum Gasteiger partial charge on any atom is -0.329 e. The standard InChI is InChI=1S/C17H28N2S/c1-14(2)16-6-4-15(5-7-16)12-19-10-8-17(13-18,20-3)9-11-19/h4-7,14H,8-13,18H2,1-3H3. The molecule has 0 aliphatic carbocycles. The zero-order valence-corrected chi connectivity index (χ0v) is 13.9. The van der Waals surface area contributed by atoms with Crippen molar-refractivity contribution in [3.63, 3.8) is 0 Å². The molecule has 0 radical (unpaired) electrons. The van der Waals surface area contributed by atoms with E-state index in [1.54, 1.807) is 0 Å². The van der Waals surface area contributed by atoms with E-state index >= 15 is 0 Å². The topological polar surface area (TPSA) is 29.3 Å². The van der Waals surface area contributed by atoms with Gasteiger partial charge in [-0.3, -0.25) is 4.90 Å². The van der Waals surface area contributed by atoms with Crippen LogP contribution in [0, 0.1) is 0 Å². The highest BCUT2D eigenvalue weighted by atomic mass is 32.2. The monoisotopic (exact) mass is 292 g/mol.